The van der Waals surface area contributed by atoms with Crippen LogP contribution in [0.15, 0.2) is 71.1 Å². The molecule has 5 rings (SSSR count). The van der Waals surface area contributed by atoms with Gasteiger partial charge in [0.2, 0.25) is 0 Å². The zero-order valence-electron chi connectivity index (χ0n) is 21.3. The van der Waals surface area contributed by atoms with E-state index in [1.54, 1.807) is 30.3 Å². The molecule has 1 saturated carbocycles. The number of fused-ring (bicyclic) bond motifs is 1. The summed E-state index contributed by atoms with van der Waals surface area (Å²) in [5.41, 5.74) is 3.07. The van der Waals surface area contributed by atoms with Crippen LogP contribution < -0.4 is 9.04 Å². The van der Waals surface area contributed by atoms with Crippen molar-refractivity contribution in [2.45, 2.75) is 25.4 Å². The molecule has 1 aliphatic carbocycles. The van der Waals surface area contributed by atoms with Gasteiger partial charge in [0.15, 0.2) is 9.84 Å². The quantitative estimate of drug-likeness (QED) is 0.202. The number of carbonyl (C=O) groups excluding carboxylic acids is 1. The maximum Gasteiger partial charge on any atom is 0.342 e. The number of hydrogen-bond donors (Lipinski definition) is 1. The fourth-order valence-electron chi connectivity index (χ4n) is 4.45. The Morgan fingerprint density at radius 1 is 1.10 bits per heavy atom. The zero-order valence-corrected chi connectivity index (χ0v) is 23.0. The molecule has 0 spiro atoms. The third-order valence-corrected chi connectivity index (χ3v) is 8.01. The Balaban J connectivity index is 1.57. The number of hydrogen-bond acceptors (Lipinski definition) is 7. The van der Waals surface area contributed by atoms with Crippen molar-refractivity contribution in [1.29, 1.82) is 0 Å². The Morgan fingerprint density at radius 2 is 1.79 bits per heavy atom. The number of methoxy groups -OCH3 is 1. The number of anilines is 1. The molecule has 1 atom stereocenters. The average molecular weight is 570 g/mol. The van der Waals surface area contributed by atoms with Crippen molar-refractivity contribution >= 4 is 43.7 Å². The molecule has 11 heteroatoms. The lowest BCUT2D eigenvalue weighted by atomic mass is 10.0. The average Bonchev–Trinajstić information content (AvgIpc) is 3.70. The predicted molar refractivity (Wildman–Crippen MR) is 149 cm³/mol. The first kappa shape index (κ1) is 26.9. The molecule has 1 heterocycles. The van der Waals surface area contributed by atoms with Crippen LogP contribution in [0, 0.1) is 0 Å². The topological polar surface area (TPSA) is 123 Å². The van der Waals surface area contributed by atoms with Crippen molar-refractivity contribution < 1.29 is 35.9 Å². The molecule has 1 aromatic heterocycles. The van der Waals surface area contributed by atoms with Gasteiger partial charge in [0, 0.05) is 23.3 Å². The molecule has 0 aliphatic heterocycles. The van der Waals surface area contributed by atoms with E-state index in [1.165, 1.54) is 13.2 Å². The highest BCUT2D eigenvalue weighted by Gasteiger charge is 2.33. The van der Waals surface area contributed by atoms with Gasteiger partial charge < -0.3 is 13.9 Å². The van der Waals surface area contributed by atoms with Crippen molar-refractivity contribution in [3.05, 3.63) is 83.4 Å². The number of furan rings is 1. The lowest BCUT2D eigenvalue weighted by molar-refractivity contribution is 0.0603. The number of benzene rings is 3. The maximum atomic E-state index is 12.9. The second kappa shape index (κ2) is 10.8. The molecular formula is C28H27NO8S2. The summed E-state index contributed by atoms with van der Waals surface area (Å²) in [6.07, 6.45) is 2.67. The summed E-state index contributed by atoms with van der Waals surface area (Å²) in [5.74, 6) is -0.270. The first-order valence-electron chi connectivity index (χ1n) is 12.2. The van der Waals surface area contributed by atoms with Crippen LogP contribution in [0.3, 0.4) is 0 Å². The molecule has 0 bridgehead atoms. The SMILES string of the molecule is COC(=O)c1c(-c2ccc(OCc3ccccc3)cc2)oc2cc(N(CS(C)(=O)=O)S(=O)O)c(C3CC3)cc12. The van der Waals surface area contributed by atoms with E-state index >= 15 is 0 Å². The third-order valence-electron chi connectivity index (χ3n) is 6.42. The minimum Gasteiger partial charge on any atom is -0.489 e. The molecule has 9 nitrogen and oxygen atoms in total. The highest BCUT2D eigenvalue weighted by atomic mass is 32.2. The summed E-state index contributed by atoms with van der Waals surface area (Å²) in [4.78, 5) is 12.9. The van der Waals surface area contributed by atoms with Crippen molar-refractivity contribution in [2.24, 2.45) is 0 Å². The van der Waals surface area contributed by atoms with E-state index in [4.69, 9.17) is 13.9 Å². The van der Waals surface area contributed by atoms with Crippen molar-refractivity contribution in [2.75, 3.05) is 23.5 Å². The minimum atomic E-state index is -3.63. The van der Waals surface area contributed by atoms with E-state index in [0.29, 0.717) is 28.9 Å². The summed E-state index contributed by atoms with van der Waals surface area (Å²) in [6.45, 7) is 0.404. The summed E-state index contributed by atoms with van der Waals surface area (Å²) in [5, 5.41) is 0.481. The van der Waals surface area contributed by atoms with Gasteiger partial charge in [0.25, 0.3) is 11.3 Å². The lowest BCUT2D eigenvalue weighted by Crippen LogP contribution is -2.31. The van der Waals surface area contributed by atoms with Crippen LogP contribution in [0.2, 0.25) is 0 Å². The molecule has 204 valence electrons. The van der Waals surface area contributed by atoms with Crippen LogP contribution in [-0.2, 0) is 32.4 Å². The molecule has 0 saturated heterocycles. The Kier molecular flexibility index (Phi) is 7.48. The fourth-order valence-corrected chi connectivity index (χ4v) is 6.28. The molecule has 0 radical (unpaired) electrons. The van der Waals surface area contributed by atoms with Gasteiger partial charge in [-0.2, -0.15) is 0 Å². The highest BCUT2D eigenvalue weighted by Crippen LogP contribution is 2.48. The van der Waals surface area contributed by atoms with Crippen LogP contribution in [0.1, 0.15) is 40.2 Å². The smallest absolute Gasteiger partial charge is 0.342 e. The molecule has 1 unspecified atom stereocenters. The van der Waals surface area contributed by atoms with E-state index in [9.17, 15) is 22.0 Å². The number of rotatable bonds is 10. The van der Waals surface area contributed by atoms with Gasteiger partial charge in [0.05, 0.1) is 12.8 Å². The molecule has 3 aromatic carbocycles. The highest BCUT2D eigenvalue weighted by molar-refractivity contribution is 7.92. The normalized spacial score (nSPS) is 14.2. The Labute approximate surface area is 228 Å². The van der Waals surface area contributed by atoms with Gasteiger partial charge in [0.1, 0.15) is 35.1 Å². The number of ether oxygens (including phenoxy) is 2. The van der Waals surface area contributed by atoms with E-state index in [-0.39, 0.29) is 28.5 Å². The first-order chi connectivity index (χ1) is 18.6. The van der Waals surface area contributed by atoms with Crippen molar-refractivity contribution in [3.8, 4) is 17.1 Å². The molecule has 1 aliphatic rings. The van der Waals surface area contributed by atoms with Gasteiger partial charge in [-0.05, 0) is 60.2 Å². The molecule has 39 heavy (non-hydrogen) atoms. The summed E-state index contributed by atoms with van der Waals surface area (Å²) in [6, 6.07) is 20.1. The Morgan fingerprint density at radius 3 is 2.38 bits per heavy atom. The summed E-state index contributed by atoms with van der Waals surface area (Å²) in [7, 11) is -2.34. The van der Waals surface area contributed by atoms with Crippen LogP contribution in [0.25, 0.3) is 22.3 Å². The molecule has 4 aromatic rings. The molecule has 1 fully saturated rings. The maximum absolute atomic E-state index is 12.9. The molecular weight excluding hydrogens is 542 g/mol. The summed E-state index contributed by atoms with van der Waals surface area (Å²) >= 11 is -2.60. The van der Waals surface area contributed by atoms with E-state index in [1.807, 2.05) is 30.3 Å². The fraction of sp³-hybridized carbons (Fsp3) is 0.250. The second-order valence-electron chi connectivity index (χ2n) is 9.44. The van der Waals surface area contributed by atoms with E-state index in [0.717, 1.165) is 29.0 Å². The second-order valence-corrected chi connectivity index (χ2v) is 12.5. The largest absolute Gasteiger partial charge is 0.489 e. The van der Waals surface area contributed by atoms with Crippen molar-refractivity contribution in [1.82, 2.24) is 0 Å². The van der Waals surface area contributed by atoms with Gasteiger partial charge in [-0.3, -0.25) is 8.86 Å². The minimum absolute atomic E-state index is 0.0694. The van der Waals surface area contributed by atoms with Crippen LogP contribution in [0.5, 0.6) is 5.75 Å². The van der Waals surface area contributed by atoms with Crippen LogP contribution in [-0.4, -0.2) is 42.4 Å². The van der Waals surface area contributed by atoms with Gasteiger partial charge in [-0.15, -0.1) is 0 Å². The third kappa shape index (κ3) is 6.00. The monoisotopic (exact) mass is 569 g/mol. The first-order valence-corrected chi connectivity index (χ1v) is 15.3. The van der Waals surface area contributed by atoms with Gasteiger partial charge >= 0.3 is 5.97 Å². The number of sulfone groups is 1. The van der Waals surface area contributed by atoms with Gasteiger partial charge in [-0.25, -0.2) is 17.4 Å². The Bertz CT molecular complexity index is 1640. The van der Waals surface area contributed by atoms with E-state index in [2.05, 4.69) is 0 Å². The summed E-state index contributed by atoms with van der Waals surface area (Å²) < 4.78 is 64.2. The van der Waals surface area contributed by atoms with Crippen LogP contribution in [0.4, 0.5) is 5.69 Å². The van der Waals surface area contributed by atoms with Gasteiger partial charge in [-0.1, -0.05) is 30.3 Å². The zero-order chi connectivity index (χ0) is 27.7. The lowest BCUT2D eigenvalue weighted by Gasteiger charge is -2.22. The van der Waals surface area contributed by atoms with E-state index < -0.39 is 32.9 Å². The molecule has 0 amide bonds. The number of nitrogens with zero attached hydrogens (tertiary/aromatic N) is 1. The molecule has 1 N–H and O–H groups in total. The predicted octanol–water partition coefficient (Wildman–Crippen LogP) is 5.29. The number of carbonyl (C=O) groups is 1. The number of esters is 1. The Hall–Kier alpha value is -3.67. The van der Waals surface area contributed by atoms with Crippen molar-refractivity contribution in [3.63, 3.8) is 0 Å². The van der Waals surface area contributed by atoms with Crippen LogP contribution >= 0.6 is 0 Å². The standard InChI is InChI=1S/C28H27NO8S2/c1-35-28(30)26-23-14-22(19-8-9-19)24(29(38(31)32)17-39(2,33)34)15-25(23)37-27(26)20-10-12-21(13-11-20)36-16-18-6-4-3-5-7-18/h3-7,10-15,19H,8-9,16-17H2,1-2H3,(H,31,32).